The van der Waals surface area contributed by atoms with Crippen LogP contribution in [0.4, 0.5) is 10.3 Å². The molecule has 0 saturated carbocycles. The van der Waals surface area contributed by atoms with Crippen LogP contribution in [0.3, 0.4) is 0 Å². The van der Waals surface area contributed by atoms with E-state index in [1.165, 1.54) is 12.1 Å². The summed E-state index contributed by atoms with van der Waals surface area (Å²) in [4.78, 5) is 25.3. The molecule has 0 bridgehead atoms. The van der Waals surface area contributed by atoms with Crippen LogP contribution >= 0.6 is 0 Å². The van der Waals surface area contributed by atoms with Gasteiger partial charge in [-0.2, -0.15) is 0 Å². The second-order valence-electron chi connectivity index (χ2n) is 6.71. The summed E-state index contributed by atoms with van der Waals surface area (Å²) in [6.45, 7) is 3.29. The molecule has 1 amide bonds. The zero-order valence-corrected chi connectivity index (χ0v) is 14.4. The molecule has 2 aliphatic rings. The Morgan fingerprint density at radius 3 is 2.81 bits per heavy atom. The van der Waals surface area contributed by atoms with Crippen LogP contribution in [0, 0.1) is 11.7 Å². The molecule has 0 N–H and O–H groups in total. The Labute approximate surface area is 151 Å². The lowest BCUT2D eigenvalue weighted by atomic mass is 9.93. The summed E-state index contributed by atoms with van der Waals surface area (Å²) in [5, 5.41) is 0. The molecule has 2 saturated heterocycles. The summed E-state index contributed by atoms with van der Waals surface area (Å²) >= 11 is 0. The van der Waals surface area contributed by atoms with Crippen LogP contribution in [-0.4, -0.2) is 59.7 Å². The molecule has 1 aromatic carbocycles. The van der Waals surface area contributed by atoms with Gasteiger partial charge in [0.2, 0.25) is 5.95 Å². The first kappa shape index (κ1) is 16.9. The number of rotatable bonds is 2. The third-order valence-electron chi connectivity index (χ3n) is 5.04. The predicted octanol–water partition coefficient (Wildman–Crippen LogP) is 1.98. The summed E-state index contributed by atoms with van der Waals surface area (Å²) in [5.74, 6) is 0.502. The van der Waals surface area contributed by atoms with E-state index in [-0.39, 0.29) is 12.0 Å². The molecule has 2 aliphatic heterocycles. The van der Waals surface area contributed by atoms with E-state index in [1.54, 1.807) is 35.5 Å². The molecule has 4 rings (SSSR count). The number of aromatic nitrogens is 2. The molecule has 2 atom stereocenters. The van der Waals surface area contributed by atoms with Crippen molar-refractivity contribution in [3.05, 3.63) is 54.1 Å². The Kier molecular flexibility index (Phi) is 4.79. The van der Waals surface area contributed by atoms with Crippen molar-refractivity contribution in [1.82, 2.24) is 14.9 Å². The van der Waals surface area contributed by atoms with Gasteiger partial charge in [0.15, 0.2) is 0 Å². The van der Waals surface area contributed by atoms with Crippen molar-refractivity contribution in [2.45, 2.75) is 12.5 Å². The molecule has 0 aliphatic carbocycles. The zero-order valence-electron chi connectivity index (χ0n) is 14.4. The molecule has 0 spiro atoms. The second kappa shape index (κ2) is 7.37. The fourth-order valence-corrected chi connectivity index (χ4v) is 3.68. The quantitative estimate of drug-likeness (QED) is 0.824. The van der Waals surface area contributed by atoms with Crippen molar-refractivity contribution in [1.29, 1.82) is 0 Å². The number of amides is 1. The standard InChI is InChI=1S/C19H21FN4O2/c20-16-4-1-3-14(11-16)18(25)23-8-5-15-12-24(9-10-26-17(15)13-23)19-21-6-2-7-22-19/h1-4,6-7,11,15,17H,5,8-10,12-13H2/t15-,17-/m1/s1. The molecule has 1 aromatic heterocycles. The number of hydrogen-bond donors (Lipinski definition) is 0. The van der Waals surface area contributed by atoms with Gasteiger partial charge in [-0.25, -0.2) is 14.4 Å². The molecular formula is C19H21FN4O2. The zero-order chi connectivity index (χ0) is 17.9. The molecule has 26 heavy (non-hydrogen) atoms. The van der Waals surface area contributed by atoms with Crippen LogP contribution in [0.5, 0.6) is 0 Å². The summed E-state index contributed by atoms with van der Waals surface area (Å²) < 4.78 is 19.4. The third-order valence-corrected chi connectivity index (χ3v) is 5.04. The Morgan fingerprint density at radius 1 is 1.15 bits per heavy atom. The molecule has 0 unspecified atom stereocenters. The number of benzene rings is 1. The van der Waals surface area contributed by atoms with E-state index in [0.29, 0.717) is 31.2 Å². The molecular weight excluding hydrogens is 335 g/mol. The number of piperidine rings is 1. The highest BCUT2D eigenvalue weighted by atomic mass is 19.1. The first-order chi connectivity index (χ1) is 12.7. The second-order valence-corrected chi connectivity index (χ2v) is 6.71. The van der Waals surface area contributed by atoms with E-state index >= 15 is 0 Å². The highest BCUT2D eigenvalue weighted by molar-refractivity contribution is 5.94. The van der Waals surface area contributed by atoms with Crippen molar-refractivity contribution >= 4 is 11.9 Å². The summed E-state index contributed by atoms with van der Waals surface area (Å²) in [6.07, 6.45) is 4.31. The average Bonchev–Trinajstić information content (AvgIpc) is 2.90. The highest BCUT2D eigenvalue weighted by Gasteiger charge is 2.35. The van der Waals surface area contributed by atoms with E-state index in [9.17, 15) is 9.18 Å². The fourth-order valence-electron chi connectivity index (χ4n) is 3.68. The maximum absolute atomic E-state index is 13.4. The SMILES string of the molecule is O=C(c1cccc(F)c1)N1CC[C@@H]2CN(c3ncccn3)CCO[C@@H]2C1. The van der Waals surface area contributed by atoms with Gasteiger partial charge in [-0.3, -0.25) is 4.79 Å². The van der Waals surface area contributed by atoms with Crippen LogP contribution in [0.25, 0.3) is 0 Å². The third kappa shape index (κ3) is 3.53. The largest absolute Gasteiger partial charge is 0.374 e. The number of nitrogens with zero attached hydrogens (tertiary/aromatic N) is 4. The van der Waals surface area contributed by atoms with Gasteiger partial charge in [0.1, 0.15) is 5.82 Å². The van der Waals surface area contributed by atoms with Crippen molar-refractivity contribution in [3.63, 3.8) is 0 Å². The van der Waals surface area contributed by atoms with Crippen molar-refractivity contribution in [2.24, 2.45) is 5.92 Å². The lowest BCUT2D eigenvalue weighted by Crippen LogP contribution is -2.49. The number of anilines is 1. The summed E-state index contributed by atoms with van der Waals surface area (Å²) in [5.41, 5.74) is 0.386. The molecule has 7 heteroatoms. The predicted molar refractivity (Wildman–Crippen MR) is 94.4 cm³/mol. The smallest absolute Gasteiger partial charge is 0.254 e. The Hall–Kier alpha value is -2.54. The summed E-state index contributed by atoms with van der Waals surface area (Å²) in [6, 6.07) is 7.65. The first-order valence-corrected chi connectivity index (χ1v) is 8.89. The number of ether oxygens (including phenoxy) is 1. The monoisotopic (exact) mass is 356 g/mol. The van der Waals surface area contributed by atoms with Gasteiger partial charge in [0.25, 0.3) is 5.91 Å². The van der Waals surface area contributed by atoms with Gasteiger partial charge in [0.05, 0.1) is 12.7 Å². The molecule has 136 valence electrons. The van der Waals surface area contributed by atoms with Gasteiger partial charge >= 0.3 is 0 Å². The molecule has 6 nitrogen and oxygen atoms in total. The minimum atomic E-state index is -0.394. The van der Waals surface area contributed by atoms with Gasteiger partial charge in [-0.05, 0) is 30.7 Å². The van der Waals surface area contributed by atoms with Crippen molar-refractivity contribution in [3.8, 4) is 0 Å². The maximum atomic E-state index is 13.4. The lowest BCUT2D eigenvalue weighted by molar-refractivity contribution is -0.0169. The Balaban J connectivity index is 1.44. The number of carbonyl (C=O) groups is 1. The van der Waals surface area contributed by atoms with Crippen LogP contribution in [0.15, 0.2) is 42.7 Å². The number of fused-ring (bicyclic) bond motifs is 1. The minimum absolute atomic E-state index is 0.0185. The maximum Gasteiger partial charge on any atom is 0.254 e. The van der Waals surface area contributed by atoms with E-state index in [1.807, 2.05) is 0 Å². The van der Waals surface area contributed by atoms with Crippen LogP contribution in [0.2, 0.25) is 0 Å². The Morgan fingerprint density at radius 2 is 2.00 bits per heavy atom. The van der Waals surface area contributed by atoms with Crippen LogP contribution < -0.4 is 4.90 Å². The van der Waals surface area contributed by atoms with Crippen LogP contribution in [0.1, 0.15) is 16.8 Å². The van der Waals surface area contributed by atoms with Gasteiger partial charge in [0, 0.05) is 50.1 Å². The lowest BCUT2D eigenvalue weighted by Gasteiger charge is -2.38. The van der Waals surface area contributed by atoms with Crippen molar-refractivity contribution < 1.29 is 13.9 Å². The van der Waals surface area contributed by atoms with E-state index in [0.717, 1.165) is 25.5 Å². The fraction of sp³-hybridized carbons (Fsp3) is 0.421. The number of hydrogen-bond acceptors (Lipinski definition) is 5. The highest BCUT2D eigenvalue weighted by Crippen LogP contribution is 2.26. The summed E-state index contributed by atoms with van der Waals surface area (Å²) in [7, 11) is 0. The van der Waals surface area contributed by atoms with Gasteiger partial charge in [-0.1, -0.05) is 6.07 Å². The topological polar surface area (TPSA) is 58.6 Å². The number of carbonyl (C=O) groups excluding carboxylic acids is 1. The molecule has 2 aromatic rings. The van der Waals surface area contributed by atoms with Gasteiger partial charge < -0.3 is 14.5 Å². The van der Waals surface area contributed by atoms with E-state index < -0.39 is 5.82 Å². The number of halogens is 1. The molecule has 3 heterocycles. The average molecular weight is 356 g/mol. The molecule has 2 fully saturated rings. The molecule has 0 radical (unpaired) electrons. The van der Waals surface area contributed by atoms with E-state index in [4.69, 9.17) is 4.74 Å². The number of likely N-dealkylation sites (tertiary alicyclic amines) is 1. The van der Waals surface area contributed by atoms with Crippen LogP contribution in [-0.2, 0) is 4.74 Å². The van der Waals surface area contributed by atoms with Gasteiger partial charge in [-0.15, -0.1) is 0 Å². The normalized spacial score (nSPS) is 23.3. The first-order valence-electron chi connectivity index (χ1n) is 8.89. The van der Waals surface area contributed by atoms with E-state index in [2.05, 4.69) is 14.9 Å². The Bertz CT molecular complexity index is 773. The van der Waals surface area contributed by atoms with Crippen molar-refractivity contribution in [2.75, 3.05) is 37.7 Å². The minimum Gasteiger partial charge on any atom is -0.374 e.